The molecule has 5 nitrogen and oxygen atoms in total. The summed E-state index contributed by atoms with van der Waals surface area (Å²) in [6.45, 7) is 1.15. The molecule has 1 aliphatic carbocycles. The highest BCUT2D eigenvalue weighted by Crippen LogP contribution is 2.35. The number of hydrogen-bond acceptors (Lipinski definition) is 4. The average Bonchev–Trinajstić information content (AvgIpc) is 2.73. The fourth-order valence-electron chi connectivity index (χ4n) is 4.46. The molecule has 3 atom stereocenters. The van der Waals surface area contributed by atoms with Crippen LogP contribution >= 0.6 is 0 Å². The van der Waals surface area contributed by atoms with Crippen LogP contribution in [0, 0.1) is 23.6 Å². The van der Waals surface area contributed by atoms with Gasteiger partial charge >= 0.3 is 5.97 Å². The minimum absolute atomic E-state index is 0.0415. The summed E-state index contributed by atoms with van der Waals surface area (Å²) in [5.74, 6) is -1.14. The van der Waals surface area contributed by atoms with Gasteiger partial charge in [0.05, 0.1) is 25.0 Å². The largest absolute Gasteiger partial charge is 0.469 e. The zero-order chi connectivity index (χ0) is 19.4. The molecule has 1 aliphatic heterocycles. The van der Waals surface area contributed by atoms with Crippen molar-refractivity contribution in [1.82, 2.24) is 4.90 Å². The number of likely N-dealkylation sites (tertiary alicyclic amines) is 1. The number of piperidine rings is 1. The minimum Gasteiger partial charge on any atom is -0.469 e. The van der Waals surface area contributed by atoms with Crippen LogP contribution in [0.2, 0.25) is 0 Å². The minimum atomic E-state index is -0.652. The molecule has 148 valence electrons. The first-order valence-electron chi connectivity index (χ1n) is 9.81. The number of halogens is 1. The summed E-state index contributed by atoms with van der Waals surface area (Å²) in [6.07, 6.45) is 4.10. The molecule has 1 heterocycles. The number of carbonyl (C=O) groups excluding carboxylic acids is 2. The van der Waals surface area contributed by atoms with E-state index in [1.54, 1.807) is 12.1 Å². The molecule has 0 spiro atoms. The number of carbonyl (C=O) groups is 2. The monoisotopic (exact) mass is 377 g/mol. The van der Waals surface area contributed by atoms with E-state index >= 15 is 0 Å². The quantitative estimate of drug-likeness (QED) is 0.819. The third-order valence-electron chi connectivity index (χ3n) is 6.10. The van der Waals surface area contributed by atoms with Crippen LogP contribution in [0.3, 0.4) is 0 Å². The number of methoxy groups -OCH3 is 1. The first kappa shape index (κ1) is 19.8. The standard InChI is InChI=1S/C21H28FNO4/c1-27-21(26)18-5-3-2-4-17(18)20(25)23-12-10-15(11-13-23)19(24)14-6-8-16(22)9-7-14/h6-9,15,17-19,24H,2-5,10-13H2,1H3/t17-,18+,19+/m0/s1. The lowest BCUT2D eigenvalue weighted by atomic mass is 9.78. The number of rotatable bonds is 4. The molecule has 1 aromatic carbocycles. The van der Waals surface area contributed by atoms with Crippen molar-refractivity contribution in [2.24, 2.45) is 17.8 Å². The molecule has 6 heteroatoms. The number of amides is 1. The van der Waals surface area contributed by atoms with Crippen LogP contribution in [0.1, 0.15) is 50.2 Å². The third kappa shape index (κ3) is 4.49. The van der Waals surface area contributed by atoms with Crippen molar-refractivity contribution in [2.45, 2.75) is 44.6 Å². The number of hydrogen-bond donors (Lipinski definition) is 1. The molecule has 0 radical (unpaired) electrons. The van der Waals surface area contributed by atoms with Gasteiger partial charge in [-0.15, -0.1) is 0 Å². The Balaban J connectivity index is 1.58. The molecule has 3 rings (SSSR count). The number of ether oxygens (including phenoxy) is 1. The van der Waals surface area contributed by atoms with Crippen molar-refractivity contribution in [3.05, 3.63) is 35.6 Å². The lowest BCUT2D eigenvalue weighted by Gasteiger charge is -2.38. The van der Waals surface area contributed by atoms with Gasteiger partial charge in [-0.25, -0.2) is 4.39 Å². The molecule has 1 saturated heterocycles. The number of benzene rings is 1. The molecule has 1 aromatic rings. The Bertz CT molecular complexity index is 655. The summed E-state index contributed by atoms with van der Waals surface area (Å²) >= 11 is 0. The van der Waals surface area contributed by atoms with Crippen LogP contribution in [0.15, 0.2) is 24.3 Å². The van der Waals surface area contributed by atoms with Gasteiger partial charge in [0.2, 0.25) is 5.91 Å². The average molecular weight is 377 g/mol. The van der Waals surface area contributed by atoms with Gasteiger partial charge in [0.1, 0.15) is 5.82 Å². The molecule has 27 heavy (non-hydrogen) atoms. The fraction of sp³-hybridized carbons (Fsp3) is 0.619. The van der Waals surface area contributed by atoms with Crippen LogP contribution in [0.5, 0.6) is 0 Å². The summed E-state index contributed by atoms with van der Waals surface area (Å²) in [7, 11) is 1.38. The van der Waals surface area contributed by atoms with Gasteiger partial charge in [0.15, 0.2) is 0 Å². The zero-order valence-electron chi connectivity index (χ0n) is 15.8. The highest BCUT2D eigenvalue weighted by molar-refractivity contribution is 5.85. The number of esters is 1. The molecule has 0 unspecified atom stereocenters. The highest BCUT2D eigenvalue weighted by Gasteiger charge is 2.39. The van der Waals surface area contributed by atoms with Crippen LogP contribution in [-0.4, -0.2) is 42.1 Å². The van der Waals surface area contributed by atoms with Crippen LogP contribution < -0.4 is 0 Å². The van der Waals surface area contributed by atoms with E-state index in [-0.39, 0.29) is 35.4 Å². The molecule has 2 aliphatic rings. The van der Waals surface area contributed by atoms with E-state index in [1.807, 2.05) is 4.90 Å². The number of aliphatic hydroxyl groups excluding tert-OH is 1. The molecular formula is C21H28FNO4. The molecule has 0 bridgehead atoms. The normalized spacial score (nSPS) is 25.1. The Labute approximate surface area is 159 Å². The zero-order valence-corrected chi connectivity index (χ0v) is 15.8. The van der Waals surface area contributed by atoms with E-state index < -0.39 is 6.10 Å². The SMILES string of the molecule is COC(=O)[C@@H]1CCCC[C@@H]1C(=O)N1CCC([C@H](O)c2ccc(F)cc2)CC1. The lowest BCUT2D eigenvalue weighted by Crippen LogP contribution is -2.46. The van der Waals surface area contributed by atoms with Gasteiger partial charge in [-0.05, 0) is 49.3 Å². The lowest BCUT2D eigenvalue weighted by molar-refractivity contribution is -0.155. The highest BCUT2D eigenvalue weighted by atomic mass is 19.1. The summed E-state index contributed by atoms with van der Waals surface area (Å²) in [6, 6.07) is 5.93. The molecule has 1 saturated carbocycles. The molecule has 2 fully saturated rings. The predicted molar refractivity (Wildman–Crippen MR) is 98.1 cm³/mol. The first-order chi connectivity index (χ1) is 13.0. The fourth-order valence-corrected chi connectivity index (χ4v) is 4.46. The van der Waals surface area contributed by atoms with Crippen molar-refractivity contribution < 1.29 is 23.8 Å². The van der Waals surface area contributed by atoms with Gasteiger partial charge in [-0.1, -0.05) is 25.0 Å². The van der Waals surface area contributed by atoms with Gasteiger partial charge in [-0.3, -0.25) is 9.59 Å². The van der Waals surface area contributed by atoms with E-state index in [1.165, 1.54) is 19.2 Å². The van der Waals surface area contributed by atoms with Crippen molar-refractivity contribution in [1.29, 1.82) is 0 Å². The third-order valence-corrected chi connectivity index (χ3v) is 6.10. The molecule has 0 aromatic heterocycles. The van der Waals surface area contributed by atoms with E-state index in [2.05, 4.69) is 0 Å². The maximum atomic E-state index is 13.1. The Kier molecular flexibility index (Phi) is 6.47. The first-order valence-corrected chi connectivity index (χ1v) is 9.81. The van der Waals surface area contributed by atoms with E-state index in [0.29, 0.717) is 37.9 Å². The molecular weight excluding hydrogens is 349 g/mol. The summed E-state index contributed by atoms with van der Waals surface area (Å²) in [5, 5.41) is 10.6. The Hall–Kier alpha value is -1.95. The number of nitrogens with zero attached hydrogens (tertiary/aromatic N) is 1. The van der Waals surface area contributed by atoms with Crippen molar-refractivity contribution in [3.63, 3.8) is 0 Å². The second-order valence-corrected chi connectivity index (χ2v) is 7.68. The Morgan fingerprint density at radius 1 is 1.07 bits per heavy atom. The van der Waals surface area contributed by atoms with Crippen LogP contribution in [0.4, 0.5) is 4.39 Å². The van der Waals surface area contributed by atoms with E-state index in [9.17, 15) is 19.1 Å². The van der Waals surface area contributed by atoms with Gasteiger partial charge < -0.3 is 14.7 Å². The maximum absolute atomic E-state index is 13.1. The molecule has 1 amide bonds. The summed E-state index contributed by atoms with van der Waals surface area (Å²) in [4.78, 5) is 26.8. The van der Waals surface area contributed by atoms with Crippen LogP contribution in [-0.2, 0) is 14.3 Å². The second kappa shape index (κ2) is 8.83. The second-order valence-electron chi connectivity index (χ2n) is 7.68. The van der Waals surface area contributed by atoms with E-state index in [4.69, 9.17) is 4.74 Å². The predicted octanol–water partition coefficient (Wildman–Crippen LogP) is 3.08. The van der Waals surface area contributed by atoms with E-state index in [0.717, 1.165) is 19.3 Å². The van der Waals surface area contributed by atoms with Crippen LogP contribution in [0.25, 0.3) is 0 Å². The maximum Gasteiger partial charge on any atom is 0.309 e. The summed E-state index contributed by atoms with van der Waals surface area (Å²) < 4.78 is 18.0. The molecule has 1 N–H and O–H groups in total. The van der Waals surface area contributed by atoms with Gasteiger partial charge in [-0.2, -0.15) is 0 Å². The topological polar surface area (TPSA) is 66.8 Å². The van der Waals surface area contributed by atoms with Gasteiger partial charge in [0, 0.05) is 13.1 Å². The summed E-state index contributed by atoms with van der Waals surface area (Å²) in [5.41, 5.74) is 0.708. The Morgan fingerprint density at radius 3 is 2.26 bits per heavy atom. The smallest absolute Gasteiger partial charge is 0.309 e. The Morgan fingerprint density at radius 2 is 1.67 bits per heavy atom. The van der Waals surface area contributed by atoms with Crippen molar-refractivity contribution >= 4 is 11.9 Å². The number of aliphatic hydroxyl groups is 1. The van der Waals surface area contributed by atoms with Gasteiger partial charge in [0.25, 0.3) is 0 Å². The van der Waals surface area contributed by atoms with Crippen molar-refractivity contribution in [3.8, 4) is 0 Å². The van der Waals surface area contributed by atoms with Crippen molar-refractivity contribution in [2.75, 3.05) is 20.2 Å².